The fourth-order valence-electron chi connectivity index (χ4n) is 3.98. The fraction of sp³-hybridized carbons (Fsp3) is 0.417. The number of ether oxygens (including phenoxy) is 1. The number of nitrogens with zero attached hydrogens (tertiary/aromatic N) is 2. The average molecular weight is 392 g/mol. The molecule has 29 heavy (non-hydrogen) atoms. The van der Waals surface area contributed by atoms with Gasteiger partial charge in [-0.05, 0) is 37.1 Å². The SMILES string of the molecule is COc1ccc(C2=Nc3c(C(=O)C(C)(C)C)c[nH]c3CC=C2)cc1N1CCCC1. The van der Waals surface area contributed by atoms with E-state index in [0.717, 1.165) is 53.6 Å². The Balaban J connectivity index is 1.77. The van der Waals surface area contributed by atoms with E-state index in [1.165, 1.54) is 12.8 Å². The lowest BCUT2D eigenvalue weighted by molar-refractivity contribution is 0.0859. The number of methoxy groups -OCH3 is 1. The number of aliphatic imine (C=N–C) groups is 1. The number of Topliss-reactive ketones (excluding diaryl/α,β-unsaturated/α-hetero) is 1. The van der Waals surface area contributed by atoms with Gasteiger partial charge in [0, 0.05) is 42.4 Å². The number of rotatable bonds is 4. The number of H-pyrrole nitrogens is 1. The molecule has 0 radical (unpaired) electrons. The quantitative estimate of drug-likeness (QED) is 0.739. The Bertz CT molecular complexity index is 986. The van der Waals surface area contributed by atoms with Crippen LogP contribution in [0.15, 0.2) is 41.5 Å². The molecule has 1 saturated heterocycles. The molecule has 2 aromatic rings. The smallest absolute Gasteiger partial charge is 0.171 e. The van der Waals surface area contributed by atoms with Crippen LogP contribution in [-0.4, -0.2) is 36.7 Å². The summed E-state index contributed by atoms with van der Waals surface area (Å²) in [5, 5.41) is 0. The van der Waals surface area contributed by atoms with Crippen LogP contribution in [0, 0.1) is 5.41 Å². The average Bonchev–Trinajstić information content (AvgIpc) is 3.32. The lowest BCUT2D eigenvalue weighted by Crippen LogP contribution is -2.20. The molecule has 0 saturated carbocycles. The minimum absolute atomic E-state index is 0.104. The summed E-state index contributed by atoms with van der Waals surface area (Å²) < 4.78 is 5.61. The van der Waals surface area contributed by atoms with Crippen LogP contribution < -0.4 is 9.64 Å². The maximum absolute atomic E-state index is 12.9. The molecule has 2 aliphatic heterocycles. The van der Waals surface area contributed by atoms with Gasteiger partial charge in [0.15, 0.2) is 5.78 Å². The van der Waals surface area contributed by atoms with Crippen molar-refractivity contribution < 1.29 is 9.53 Å². The molecular formula is C24H29N3O2. The van der Waals surface area contributed by atoms with Gasteiger partial charge < -0.3 is 14.6 Å². The number of benzene rings is 1. The minimum Gasteiger partial charge on any atom is -0.495 e. The molecular weight excluding hydrogens is 362 g/mol. The zero-order chi connectivity index (χ0) is 20.6. The molecule has 0 bridgehead atoms. The van der Waals surface area contributed by atoms with E-state index < -0.39 is 5.41 Å². The second kappa shape index (κ2) is 7.54. The van der Waals surface area contributed by atoms with Gasteiger partial charge in [-0.2, -0.15) is 0 Å². The molecule has 0 unspecified atom stereocenters. The molecule has 0 spiro atoms. The second-order valence-electron chi connectivity index (χ2n) is 8.79. The molecule has 1 aromatic heterocycles. The number of hydrogen-bond donors (Lipinski definition) is 1. The van der Waals surface area contributed by atoms with Crippen molar-refractivity contribution in [2.75, 3.05) is 25.1 Å². The summed E-state index contributed by atoms with van der Waals surface area (Å²) in [5.74, 6) is 0.993. The highest BCUT2D eigenvalue weighted by atomic mass is 16.5. The third kappa shape index (κ3) is 3.74. The van der Waals surface area contributed by atoms with Crippen molar-refractivity contribution in [3.05, 3.63) is 53.4 Å². The first kappa shape index (κ1) is 19.5. The highest BCUT2D eigenvalue weighted by Gasteiger charge is 2.28. The topological polar surface area (TPSA) is 57.7 Å². The Morgan fingerprint density at radius 3 is 2.66 bits per heavy atom. The van der Waals surface area contributed by atoms with E-state index in [-0.39, 0.29) is 5.78 Å². The summed E-state index contributed by atoms with van der Waals surface area (Å²) in [7, 11) is 1.72. The summed E-state index contributed by atoms with van der Waals surface area (Å²) in [6, 6.07) is 6.23. The number of carbonyl (C=O) groups excluding carboxylic acids is 1. The Morgan fingerprint density at radius 2 is 1.97 bits per heavy atom. The van der Waals surface area contributed by atoms with E-state index in [1.54, 1.807) is 7.11 Å². The lowest BCUT2D eigenvalue weighted by Gasteiger charge is -2.21. The Morgan fingerprint density at radius 1 is 1.21 bits per heavy atom. The molecule has 0 amide bonds. The maximum atomic E-state index is 12.9. The molecule has 5 nitrogen and oxygen atoms in total. The van der Waals surface area contributed by atoms with Gasteiger partial charge in [0.1, 0.15) is 5.75 Å². The minimum atomic E-state index is -0.450. The highest BCUT2D eigenvalue weighted by Crippen LogP contribution is 2.35. The summed E-state index contributed by atoms with van der Waals surface area (Å²) in [6.45, 7) is 7.93. The molecule has 1 aromatic carbocycles. The van der Waals surface area contributed by atoms with Crippen LogP contribution in [0.25, 0.3) is 0 Å². The van der Waals surface area contributed by atoms with E-state index >= 15 is 0 Å². The third-order valence-corrected chi connectivity index (χ3v) is 5.61. The normalized spacial score (nSPS) is 16.4. The largest absolute Gasteiger partial charge is 0.495 e. The zero-order valence-corrected chi connectivity index (χ0v) is 17.7. The van der Waals surface area contributed by atoms with Crippen LogP contribution in [0.2, 0.25) is 0 Å². The standard InChI is InChI=1S/C24H29N3O2/c1-24(2,3)23(28)17-15-25-19-9-7-8-18(26-22(17)19)16-10-11-21(29-4)20(14-16)27-12-5-6-13-27/h7-8,10-11,14-15,25H,5-6,9,12-13H2,1-4H3. The van der Waals surface area contributed by atoms with Gasteiger partial charge in [0.2, 0.25) is 0 Å². The van der Waals surface area contributed by atoms with Gasteiger partial charge in [-0.1, -0.05) is 26.8 Å². The van der Waals surface area contributed by atoms with Gasteiger partial charge in [-0.25, -0.2) is 4.99 Å². The van der Waals surface area contributed by atoms with Crippen molar-refractivity contribution in [3.8, 4) is 5.75 Å². The molecule has 5 heteroatoms. The second-order valence-corrected chi connectivity index (χ2v) is 8.79. The first-order chi connectivity index (χ1) is 13.9. The molecule has 3 heterocycles. The van der Waals surface area contributed by atoms with Crippen LogP contribution in [0.3, 0.4) is 0 Å². The van der Waals surface area contributed by atoms with Gasteiger partial charge in [-0.3, -0.25) is 4.79 Å². The number of aromatic amines is 1. The Labute approximate surface area is 172 Å². The molecule has 0 atom stereocenters. The van der Waals surface area contributed by atoms with Crippen LogP contribution >= 0.6 is 0 Å². The number of hydrogen-bond acceptors (Lipinski definition) is 4. The molecule has 1 N–H and O–H groups in total. The maximum Gasteiger partial charge on any atom is 0.171 e. The van der Waals surface area contributed by atoms with Gasteiger partial charge >= 0.3 is 0 Å². The van der Waals surface area contributed by atoms with Crippen molar-refractivity contribution in [3.63, 3.8) is 0 Å². The van der Waals surface area contributed by atoms with E-state index in [9.17, 15) is 4.79 Å². The van der Waals surface area contributed by atoms with Crippen molar-refractivity contribution >= 4 is 22.9 Å². The monoisotopic (exact) mass is 391 g/mol. The van der Waals surface area contributed by atoms with Gasteiger partial charge in [0.05, 0.1) is 29.8 Å². The van der Waals surface area contributed by atoms with Crippen LogP contribution in [0.1, 0.15) is 55.2 Å². The number of aromatic nitrogens is 1. The Hall–Kier alpha value is -2.82. The number of ketones is 1. The van der Waals surface area contributed by atoms with E-state index in [0.29, 0.717) is 5.56 Å². The van der Waals surface area contributed by atoms with Crippen LogP contribution in [0.4, 0.5) is 11.4 Å². The van der Waals surface area contributed by atoms with Crippen molar-refractivity contribution in [1.29, 1.82) is 0 Å². The number of nitrogens with one attached hydrogen (secondary N) is 1. The predicted molar refractivity (Wildman–Crippen MR) is 118 cm³/mol. The predicted octanol–water partition coefficient (Wildman–Crippen LogP) is 5.09. The highest BCUT2D eigenvalue weighted by molar-refractivity contribution is 6.13. The van der Waals surface area contributed by atoms with Crippen LogP contribution in [0.5, 0.6) is 5.75 Å². The molecule has 2 aliphatic rings. The molecule has 1 fully saturated rings. The van der Waals surface area contributed by atoms with Crippen LogP contribution in [-0.2, 0) is 6.42 Å². The van der Waals surface area contributed by atoms with Crippen molar-refractivity contribution in [1.82, 2.24) is 4.98 Å². The van der Waals surface area contributed by atoms with E-state index in [2.05, 4.69) is 28.1 Å². The number of carbonyl (C=O) groups is 1. The molecule has 4 rings (SSSR count). The lowest BCUT2D eigenvalue weighted by atomic mass is 9.87. The summed E-state index contributed by atoms with van der Waals surface area (Å²) in [4.78, 5) is 23.5. The summed E-state index contributed by atoms with van der Waals surface area (Å²) in [6.07, 6.45) is 9.11. The zero-order valence-electron chi connectivity index (χ0n) is 17.7. The van der Waals surface area contributed by atoms with E-state index in [1.807, 2.05) is 39.1 Å². The van der Waals surface area contributed by atoms with E-state index in [4.69, 9.17) is 9.73 Å². The number of fused-ring (bicyclic) bond motifs is 1. The van der Waals surface area contributed by atoms with Gasteiger partial charge in [-0.15, -0.1) is 0 Å². The van der Waals surface area contributed by atoms with Crippen molar-refractivity contribution in [2.45, 2.75) is 40.0 Å². The first-order valence-corrected chi connectivity index (χ1v) is 10.3. The number of allylic oxidation sites excluding steroid dienone is 2. The Kier molecular flexibility index (Phi) is 5.07. The first-order valence-electron chi connectivity index (χ1n) is 10.3. The molecule has 152 valence electrons. The third-order valence-electron chi connectivity index (χ3n) is 5.61. The van der Waals surface area contributed by atoms with Crippen molar-refractivity contribution in [2.24, 2.45) is 10.4 Å². The van der Waals surface area contributed by atoms with Gasteiger partial charge in [0.25, 0.3) is 0 Å². The number of anilines is 1. The summed E-state index contributed by atoms with van der Waals surface area (Å²) >= 11 is 0. The fourth-order valence-corrected chi connectivity index (χ4v) is 3.98. The summed E-state index contributed by atoms with van der Waals surface area (Å²) in [5.41, 5.74) is 4.99. The molecule has 0 aliphatic carbocycles.